The highest BCUT2D eigenvalue weighted by atomic mass is 35.5. The molecular weight excluding hydrogens is 286 g/mol. The van der Waals surface area contributed by atoms with E-state index in [-0.39, 0.29) is 11.5 Å². The predicted octanol–water partition coefficient (Wildman–Crippen LogP) is 4.56. The lowest BCUT2D eigenvalue weighted by atomic mass is 10.1. The Bertz CT molecular complexity index is 835. The van der Waals surface area contributed by atoms with Crippen LogP contribution in [0.15, 0.2) is 59.0 Å². The first kappa shape index (κ1) is 13.5. The Kier molecular flexibility index (Phi) is 3.50. The summed E-state index contributed by atoms with van der Waals surface area (Å²) < 4.78 is 5.52. The summed E-state index contributed by atoms with van der Waals surface area (Å²) in [6.45, 7) is 0. The minimum Gasteiger partial charge on any atom is -0.450 e. The van der Waals surface area contributed by atoms with Crippen LogP contribution in [0.25, 0.3) is 17.0 Å². The van der Waals surface area contributed by atoms with Crippen molar-refractivity contribution in [1.29, 1.82) is 0 Å². The first-order valence-corrected chi connectivity index (χ1v) is 6.78. The molecule has 0 aliphatic carbocycles. The Labute approximate surface area is 126 Å². The number of hydrogen-bond acceptors (Lipinski definition) is 3. The molecule has 3 aromatic rings. The Morgan fingerprint density at radius 3 is 2.67 bits per heavy atom. The summed E-state index contributed by atoms with van der Waals surface area (Å²) in [5, 5.41) is 1.20. The van der Waals surface area contributed by atoms with Gasteiger partial charge in [0.25, 0.3) is 0 Å². The van der Waals surface area contributed by atoms with Gasteiger partial charge in [-0.25, -0.2) is 0 Å². The third-order valence-corrected chi connectivity index (χ3v) is 3.37. The van der Waals surface area contributed by atoms with Crippen LogP contribution in [0.1, 0.15) is 16.1 Å². The van der Waals surface area contributed by atoms with Crippen LogP contribution in [-0.4, -0.2) is 5.78 Å². The molecule has 2 N–H and O–H groups in total. The van der Waals surface area contributed by atoms with Crippen molar-refractivity contribution in [2.75, 3.05) is 5.73 Å². The molecule has 0 saturated carbocycles. The number of carbonyl (C=O) groups excluding carboxylic acids is 1. The lowest BCUT2D eigenvalue weighted by molar-refractivity contribution is 0.102. The van der Waals surface area contributed by atoms with E-state index in [1.807, 2.05) is 30.3 Å². The number of furan rings is 1. The van der Waals surface area contributed by atoms with Gasteiger partial charge in [-0.15, -0.1) is 0 Å². The summed E-state index contributed by atoms with van der Waals surface area (Å²) in [6.07, 6.45) is 3.17. The van der Waals surface area contributed by atoms with Crippen LogP contribution in [0.2, 0.25) is 5.02 Å². The topological polar surface area (TPSA) is 56.2 Å². The van der Waals surface area contributed by atoms with Crippen LogP contribution < -0.4 is 5.73 Å². The molecule has 1 aromatic heterocycles. The molecule has 0 spiro atoms. The second-order valence-electron chi connectivity index (χ2n) is 4.59. The van der Waals surface area contributed by atoms with Crippen molar-refractivity contribution in [3.8, 4) is 0 Å². The van der Waals surface area contributed by atoms with E-state index >= 15 is 0 Å². The summed E-state index contributed by atoms with van der Waals surface area (Å²) >= 11 is 5.92. The molecule has 1 heterocycles. The van der Waals surface area contributed by atoms with Gasteiger partial charge in [0.15, 0.2) is 5.76 Å². The highest BCUT2D eigenvalue weighted by molar-refractivity contribution is 6.31. The molecule has 0 radical (unpaired) electrons. The number of benzene rings is 2. The zero-order valence-electron chi connectivity index (χ0n) is 11.0. The van der Waals surface area contributed by atoms with Crippen molar-refractivity contribution in [2.24, 2.45) is 0 Å². The third-order valence-electron chi connectivity index (χ3n) is 3.14. The van der Waals surface area contributed by atoms with E-state index in [2.05, 4.69) is 0 Å². The van der Waals surface area contributed by atoms with Crippen LogP contribution in [0.3, 0.4) is 0 Å². The Hall–Kier alpha value is -2.52. The molecule has 0 aliphatic rings. The van der Waals surface area contributed by atoms with Crippen LogP contribution in [0.4, 0.5) is 5.69 Å². The van der Waals surface area contributed by atoms with E-state index in [4.69, 9.17) is 21.8 Å². The quantitative estimate of drug-likeness (QED) is 0.569. The Morgan fingerprint density at radius 2 is 1.90 bits per heavy atom. The Balaban J connectivity index is 1.95. The fourth-order valence-electron chi connectivity index (χ4n) is 2.08. The molecule has 0 unspecified atom stereocenters. The number of nitrogen functional groups attached to an aromatic ring is 1. The average molecular weight is 298 g/mol. The van der Waals surface area contributed by atoms with Gasteiger partial charge in [0, 0.05) is 10.4 Å². The average Bonchev–Trinajstić information content (AvgIpc) is 2.83. The number of fused-ring (bicyclic) bond motifs is 1. The van der Waals surface area contributed by atoms with E-state index < -0.39 is 0 Å². The van der Waals surface area contributed by atoms with Crippen LogP contribution >= 0.6 is 11.6 Å². The number of rotatable bonds is 3. The first-order valence-electron chi connectivity index (χ1n) is 6.40. The number of carbonyl (C=O) groups is 1. The highest BCUT2D eigenvalue weighted by Crippen LogP contribution is 2.31. The zero-order valence-corrected chi connectivity index (χ0v) is 11.8. The van der Waals surface area contributed by atoms with Gasteiger partial charge < -0.3 is 10.2 Å². The molecule has 104 valence electrons. The zero-order chi connectivity index (χ0) is 14.8. The maximum Gasteiger partial charge on any atom is 0.223 e. The fraction of sp³-hybridized carbons (Fsp3) is 0. The standard InChI is InChI=1S/C17H12ClNO2/c18-12-7-9-15-13(10-12)16(19)17(21-15)14(20)8-6-11-4-2-1-3-5-11/h1-10H,19H2/b8-6+. The summed E-state index contributed by atoms with van der Waals surface area (Å²) in [4.78, 5) is 12.2. The van der Waals surface area contributed by atoms with E-state index in [1.165, 1.54) is 6.08 Å². The largest absolute Gasteiger partial charge is 0.450 e. The maximum atomic E-state index is 12.2. The highest BCUT2D eigenvalue weighted by Gasteiger charge is 2.16. The van der Waals surface area contributed by atoms with Crippen LogP contribution in [0, 0.1) is 0 Å². The monoisotopic (exact) mass is 297 g/mol. The molecule has 0 saturated heterocycles. The van der Waals surface area contributed by atoms with Gasteiger partial charge in [-0.1, -0.05) is 48.0 Å². The van der Waals surface area contributed by atoms with Crippen molar-refractivity contribution >= 4 is 40.1 Å². The van der Waals surface area contributed by atoms with E-state index in [0.717, 1.165) is 5.56 Å². The lowest BCUT2D eigenvalue weighted by Crippen LogP contribution is -1.97. The van der Waals surface area contributed by atoms with Gasteiger partial charge in [-0.2, -0.15) is 0 Å². The number of hydrogen-bond donors (Lipinski definition) is 1. The van der Waals surface area contributed by atoms with E-state index in [1.54, 1.807) is 24.3 Å². The summed E-state index contributed by atoms with van der Waals surface area (Å²) in [6, 6.07) is 14.6. The smallest absolute Gasteiger partial charge is 0.223 e. The van der Waals surface area contributed by atoms with Gasteiger partial charge in [0.05, 0.1) is 5.69 Å². The molecule has 3 rings (SSSR count). The molecule has 0 fully saturated rings. The van der Waals surface area contributed by atoms with Gasteiger partial charge in [0.2, 0.25) is 5.78 Å². The maximum absolute atomic E-state index is 12.2. The van der Waals surface area contributed by atoms with Crippen molar-refractivity contribution in [3.05, 3.63) is 71.0 Å². The first-order chi connectivity index (χ1) is 10.1. The normalized spacial score (nSPS) is 11.3. The van der Waals surface area contributed by atoms with Crippen molar-refractivity contribution < 1.29 is 9.21 Å². The Morgan fingerprint density at radius 1 is 1.14 bits per heavy atom. The van der Waals surface area contributed by atoms with Gasteiger partial charge in [0.1, 0.15) is 5.58 Å². The lowest BCUT2D eigenvalue weighted by Gasteiger charge is -1.93. The van der Waals surface area contributed by atoms with E-state index in [9.17, 15) is 4.79 Å². The van der Waals surface area contributed by atoms with Crippen LogP contribution in [-0.2, 0) is 0 Å². The second kappa shape index (κ2) is 5.46. The molecule has 21 heavy (non-hydrogen) atoms. The number of halogens is 1. The molecule has 2 aromatic carbocycles. The van der Waals surface area contributed by atoms with Crippen LogP contribution in [0.5, 0.6) is 0 Å². The molecule has 4 heteroatoms. The predicted molar refractivity (Wildman–Crippen MR) is 85.4 cm³/mol. The van der Waals surface area contributed by atoms with Gasteiger partial charge in [-0.05, 0) is 29.8 Å². The van der Waals surface area contributed by atoms with Crippen molar-refractivity contribution in [3.63, 3.8) is 0 Å². The van der Waals surface area contributed by atoms with Crippen molar-refractivity contribution in [2.45, 2.75) is 0 Å². The van der Waals surface area contributed by atoms with Gasteiger partial charge in [-0.3, -0.25) is 4.79 Å². The fourth-order valence-corrected chi connectivity index (χ4v) is 2.26. The summed E-state index contributed by atoms with van der Waals surface area (Å²) in [5.41, 5.74) is 7.77. The molecule has 0 bridgehead atoms. The summed E-state index contributed by atoms with van der Waals surface area (Å²) in [7, 11) is 0. The number of anilines is 1. The number of allylic oxidation sites excluding steroid dienone is 1. The molecule has 3 nitrogen and oxygen atoms in total. The third kappa shape index (κ3) is 2.69. The minimum absolute atomic E-state index is 0.138. The van der Waals surface area contributed by atoms with Crippen molar-refractivity contribution in [1.82, 2.24) is 0 Å². The SMILES string of the molecule is Nc1c(C(=O)/C=C/c2ccccc2)oc2ccc(Cl)cc12. The molecule has 0 aliphatic heterocycles. The molecule has 0 atom stereocenters. The number of nitrogens with two attached hydrogens (primary N) is 1. The molecular formula is C17H12ClNO2. The summed E-state index contributed by atoms with van der Waals surface area (Å²) in [5.74, 6) is -0.136. The van der Waals surface area contributed by atoms with E-state index in [0.29, 0.717) is 21.7 Å². The number of ketones is 1. The molecule has 0 amide bonds. The minimum atomic E-state index is -0.274. The van der Waals surface area contributed by atoms with Gasteiger partial charge >= 0.3 is 0 Å². The second-order valence-corrected chi connectivity index (χ2v) is 5.03.